The van der Waals surface area contributed by atoms with Crippen molar-refractivity contribution in [3.63, 3.8) is 0 Å². The Labute approximate surface area is 82.5 Å². The van der Waals surface area contributed by atoms with Gasteiger partial charge in [0.05, 0.1) is 6.10 Å². The molecule has 0 radical (unpaired) electrons. The molecule has 0 aromatic rings. The smallest absolute Gasteiger partial charge is 0.0568 e. The molecule has 1 saturated carbocycles. The van der Waals surface area contributed by atoms with Crippen molar-refractivity contribution in [2.75, 3.05) is 0 Å². The van der Waals surface area contributed by atoms with Crippen molar-refractivity contribution in [2.45, 2.75) is 53.1 Å². The molecule has 1 heteroatoms. The summed E-state index contributed by atoms with van der Waals surface area (Å²) in [4.78, 5) is 0. The standard InChI is InChI=1S/C12H24O/c1-8(2)7-9(3)11-5-6-12(13)10(11)4/h8-13H,5-7H2,1-4H3. The largest absolute Gasteiger partial charge is 0.393 e. The predicted octanol–water partition coefficient (Wildman–Crippen LogP) is 3.08. The van der Waals surface area contributed by atoms with E-state index >= 15 is 0 Å². The molecule has 0 aliphatic heterocycles. The zero-order chi connectivity index (χ0) is 10.0. The lowest BCUT2D eigenvalue weighted by molar-refractivity contribution is 0.112. The van der Waals surface area contributed by atoms with Gasteiger partial charge in [-0.05, 0) is 42.9 Å². The van der Waals surface area contributed by atoms with Gasteiger partial charge in [-0.1, -0.05) is 27.7 Å². The molecular weight excluding hydrogens is 160 g/mol. The summed E-state index contributed by atoms with van der Waals surface area (Å²) >= 11 is 0. The molecule has 1 aliphatic carbocycles. The first-order valence-electron chi connectivity index (χ1n) is 5.70. The highest BCUT2D eigenvalue weighted by Gasteiger charge is 2.34. The van der Waals surface area contributed by atoms with Crippen molar-refractivity contribution < 1.29 is 5.11 Å². The quantitative estimate of drug-likeness (QED) is 0.714. The van der Waals surface area contributed by atoms with Gasteiger partial charge in [0.2, 0.25) is 0 Å². The number of hydrogen-bond acceptors (Lipinski definition) is 1. The highest BCUT2D eigenvalue weighted by Crippen LogP contribution is 2.38. The van der Waals surface area contributed by atoms with Crippen LogP contribution >= 0.6 is 0 Å². The first kappa shape index (κ1) is 11.0. The molecule has 0 saturated heterocycles. The van der Waals surface area contributed by atoms with E-state index in [1.165, 1.54) is 12.8 Å². The first-order chi connectivity index (χ1) is 6.02. The lowest BCUT2D eigenvalue weighted by atomic mass is 9.81. The molecule has 0 amide bonds. The lowest BCUT2D eigenvalue weighted by Gasteiger charge is -2.25. The molecule has 1 N–H and O–H groups in total. The molecule has 0 aromatic heterocycles. The highest BCUT2D eigenvalue weighted by atomic mass is 16.3. The van der Waals surface area contributed by atoms with E-state index in [9.17, 15) is 5.11 Å². The molecule has 1 fully saturated rings. The van der Waals surface area contributed by atoms with E-state index in [4.69, 9.17) is 0 Å². The van der Waals surface area contributed by atoms with Gasteiger partial charge >= 0.3 is 0 Å². The van der Waals surface area contributed by atoms with Gasteiger partial charge in [0.15, 0.2) is 0 Å². The summed E-state index contributed by atoms with van der Waals surface area (Å²) in [6, 6.07) is 0. The Hall–Kier alpha value is -0.0400. The monoisotopic (exact) mass is 184 g/mol. The number of hydrogen-bond donors (Lipinski definition) is 1. The normalized spacial score (nSPS) is 36.9. The van der Waals surface area contributed by atoms with Crippen molar-refractivity contribution in [3.8, 4) is 0 Å². The summed E-state index contributed by atoms with van der Waals surface area (Å²) in [6.45, 7) is 9.12. The van der Waals surface area contributed by atoms with E-state index in [1.54, 1.807) is 0 Å². The highest BCUT2D eigenvalue weighted by molar-refractivity contribution is 4.84. The van der Waals surface area contributed by atoms with E-state index in [2.05, 4.69) is 27.7 Å². The Morgan fingerprint density at radius 3 is 2.23 bits per heavy atom. The minimum absolute atomic E-state index is 0.0281. The number of aliphatic hydroxyl groups excluding tert-OH is 1. The van der Waals surface area contributed by atoms with Crippen LogP contribution in [0.4, 0.5) is 0 Å². The summed E-state index contributed by atoms with van der Waals surface area (Å²) in [5, 5.41) is 9.65. The average molecular weight is 184 g/mol. The molecule has 0 spiro atoms. The second-order valence-corrected chi connectivity index (χ2v) is 5.27. The fraction of sp³-hybridized carbons (Fsp3) is 1.00. The van der Waals surface area contributed by atoms with Crippen LogP contribution in [0.1, 0.15) is 47.0 Å². The van der Waals surface area contributed by atoms with Gasteiger partial charge in [-0.3, -0.25) is 0 Å². The minimum atomic E-state index is -0.0281. The first-order valence-corrected chi connectivity index (χ1v) is 5.70. The molecule has 1 nitrogen and oxygen atoms in total. The maximum Gasteiger partial charge on any atom is 0.0568 e. The molecule has 13 heavy (non-hydrogen) atoms. The third-order valence-electron chi connectivity index (χ3n) is 3.65. The van der Waals surface area contributed by atoms with Crippen LogP contribution in [0.5, 0.6) is 0 Å². The van der Waals surface area contributed by atoms with Gasteiger partial charge in [-0.25, -0.2) is 0 Å². The van der Waals surface area contributed by atoms with Crippen molar-refractivity contribution in [3.05, 3.63) is 0 Å². The van der Waals surface area contributed by atoms with Crippen LogP contribution in [0, 0.1) is 23.7 Å². The second kappa shape index (κ2) is 4.45. The third-order valence-corrected chi connectivity index (χ3v) is 3.65. The summed E-state index contributed by atoms with van der Waals surface area (Å²) < 4.78 is 0. The summed E-state index contributed by atoms with van der Waals surface area (Å²) in [7, 11) is 0. The zero-order valence-corrected chi connectivity index (χ0v) is 9.46. The van der Waals surface area contributed by atoms with E-state index in [-0.39, 0.29) is 6.10 Å². The Bertz CT molecular complexity index is 153. The fourth-order valence-corrected chi connectivity index (χ4v) is 2.90. The fourth-order valence-electron chi connectivity index (χ4n) is 2.90. The zero-order valence-electron chi connectivity index (χ0n) is 9.46. The van der Waals surface area contributed by atoms with E-state index in [0.29, 0.717) is 5.92 Å². The lowest BCUT2D eigenvalue weighted by Crippen LogP contribution is -2.21. The van der Waals surface area contributed by atoms with Gasteiger partial charge in [0.25, 0.3) is 0 Å². The molecular formula is C12H24O. The molecule has 4 atom stereocenters. The molecule has 0 aromatic carbocycles. The Morgan fingerprint density at radius 2 is 1.85 bits per heavy atom. The van der Waals surface area contributed by atoms with Gasteiger partial charge in [0, 0.05) is 0 Å². The van der Waals surface area contributed by atoms with E-state index in [0.717, 1.165) is 24.2 Å². The minimum Gasteiger partial charge on any atom is -0.393 e. The van der Waals surface area contributed by atoms with Crippen LogP contribution in [0.25, 0.3) is 0 Å². The molecule has 0 bridgehead atoms. The average Bonchev–Trinajstić information content (AvgIpc) is 2.31. The van der Waals surface area contributed by atoms with Crippen molar-refractivity contribution in [2.24, 2.45) is 23.7 Å². The van der Waals surface area contributed by atoms with Crippen LogP contribution in [0.2, 0.25) is 0 Å². The topological polar surface area (TPSA) is 20.2 Å². The Morgan fingerprint density at radius 1 is 1.23 bits per heavy atom. The Balaban J connectivity index is 2.43. The number of rotatable bonds is 3. The summed E-state index contributed by atoms with van der Waals surface area (Å²) in [5.41, 5.74) is 0. The van der Waals surface area contributed by atoms with E-state index < -0.39 is 0 Å². The molecule has 0 heterocycles. The molecule has 4 unspecified atom stereocenters. The van der Waals surface area contributed by atoms with Crippen LogP contribution in [-0.4, -0.2) is 11.2 Å². The van der Waals surface area contributed by atoms with Crippen LogP contribution in [0.3, 0.4) is 0 Å². The Kier molecular flexibility index (Phi) is 3.78. The van der Waals surface area contributed by atoms with Crippen LogP contribution in [0.15, 0.2) is 0 Å². The predicted molar refractivity (Wildman–Crippen MR) is 56.5 cm³/mol. The summed E-state index contributed by atoms with van der Waals surface area (Å²) in [6.07, 6.45) is 3.53. The summed E-state index contributed by atoms with van der Waals surface area (Å²) in [5.74, 6) is 2.86. The maximum atomic E-state index is 9.65. The van der Waals surface area contributed by atoms with Crippen LogP contribution in [-0.2, 0) is 0 Å². The van der Waals surface area contributed by atoms with Gasteiger partial charge in [0.1, 0.15) is 0 Å². The number of aliphatic hydroxyl groups is 1. The van der Waals surface area contributed by atoms with Gasteiger partial charge in [-0.2, -0.15) is 0 Å². The maximum absolute atomic E-state index is 9.65. The third kappa shape index (κ3) is 2.70. The van der Waals surface area contributed by atoms with E-state index in [1.807, 2.05) is 0 Å². The molecule has 1 aliphatic rings. The van der Waals surface area contributed by atoms with Crippen molar-refractivity contribution in [1.29, 1.82) is 0 Å². The van der Waals surface area contributed by atoms with Gasteiger partial charge in [-0.15, -0.1) is 0 Å². The van der Waals surface area contributed by atoms with Gasteiger partial charge < -0.3 is 5.11 Å². The second-order valence-electron chi connectivity index (χ2n) is 5.27. The molecule has 78 valence electrons. The van der Waals surface area contributed by atoms with Crippen molar-refractivity contribution in [1.82, 2.24) is 0 Å². The van der Waals surface area contributed by atoms with Crippen molar-refractivity contribution >= 4 is 0 Å². The van der Waals surface area contributed by atoms with Crippen LogP contribution < -0.4 is 0 Å². The SMILES string of the molecule is CC(C)CC(C)C1CCC(O)C1C. The molecule has 1 rings (SSSR count).